The fraction of sp³-hybridized carbons (Fsp3) is 0.643. The van der Waals surface area contributed by atoms with Gasteiger partial charge in [-0.1, -0.05) is 19.3 Å². The highest BCUT2D eigenvalue weighted by Gasteiger charge is 2.16. The summed E-state index contributed by atoms with van der Waals surface area (Å²) in [6.45, 7) is 0.615. The maximum absolute atomic E-state index is 10.4. The van der Waals surface area contributed by atoms with E-state index in [-0.39, 0.29) is 6.42 Å². The number of hydrogen-bond donors (Lipinski definition) is 2. The van der Waals surface area contributed by atoms with Gasteiger partial charge in [-0.15, -0.1) is 5.10 Å². The maximum atomic E-state index is 10.4. The zero-order valence-corrected chi connectivity index (χ0v) is 11.1. The van der Waals surface area contributed by atoms with Crippen molar-refractivity contribution in [1.29, 1.82) is 0 Å². The molecule has 5 heteroatoms. The van der Waals surface area contributed by atoms with Gasteiger partial charge in [-0.05, 0) is 31.4 Å². The van der Waals surface area contributed by atoms with Crippen molar-refractivity contribution in [2.75, 3.05) is 11.9 Å². The van der Waals surface area contributed by atoms with E-state index in [4.69, 9.17) is 5.11 Å². The minimum atomic E-state index is -0.763. The monoisotopic (exact) mass is 263 g/mol. The van der Waals surface area contributed by atoms with Crippen molar-refractivity contribution in [1.82, 2.24) is 10.2 Å². The molecule has 2 rings (SSSR count). The van der Waals surface area contributed by atoms with Crippen LogP contribution in [0, 0.1) is 0 Å². The SMILES string of the molecule is O=C(O)CCCNc1ccc(C2CCCCC2)nn1. The summed E-state index contributed by atoms with van der Waals surface area (Å²) in [5, 5.41) is 20.1. The first kappa shape index (κ1) is 13.8. The second kappa shape index (κ2) is 7.07. The number of carboxylic acid groups (broad SMARTS) is 1. The number of hydrogen-bond acceptors (Lipinski definition) is 4. The Morgan fingerprint density at radius 3 is 2.68 bits per heavy atom. The van der Waals surface area contributed by atoms with Crippen molar-refractivity contribution in [2.24, 2.45) is 0 Å². The summed E-state index contributed by atoms with van der Waals surface area (Å²) in [4.78, 5) is 10.4. The number of rotatable bonds is 6. The van der Waals surface area contributed by atoms with Crippen molar-refractivity contribution < 1.29 is 9.90 Å². The summed E-state index contributed by atoms with van der Waals surface area (Å²) in [5.74, 6) is 0.535. The average Bonchev–Trinajstić information content (AvgIpc) is 2.45. The van der Waals surface area contributed by atoms with E-state index in [1.165, 1.54) is 32.1 Å². The number of carbonyl (C=O) groups is 1. The van der Waals surface area contributed by atoms with Crippen LogP contribution in [0.15, 0.2) is 12.1 Å². The van der Waals surface area contributed by atoms with Gasteiger partial charge in [-0.25, -0.2) is 0 Å². The lowest BCUT2D eigenvalue weighted by atomic mass is 9.87. The molecule has 0 aromatic carbocycles. The van der Waals surface area contributed by atoms with Gasteiger partial charge in [0.1, 0.15) is 5.82 Å². The molecule has 19 heavy (non-hydrogen) atoms. The van der Waals surface area contributed by atoms with Gasteiger partial charge in [0.2, 0.25) is 0 Å². The Morgan fingerprint density at radius 1 is 1.26 bits per heavy atom. The number of nitrogens with zero attached hydrogens (tertiary/aromatic N) is 2. The van der Waals surface area contributed by atoms with Gasteiger partial charge in [0.05, 0.1) is 5.69 Å². The van der Waals surface area contributed by atoms with Gasteiger partial charge in [-0.3, -0.25) is 4.79 Å². The molecule has 0 spiro atoms. The van der Waals surface area contributed by atoms with E-state index in [9.17, 15) is 4.79 Å². The Bertz CT molecular complexity index is 400. The number of nitrogens with one attached hydrogen (secondary N) is 1. The number of anilines is 1. The standard InChI is InChI=1S/C14H21N3O2/c18-14(19)7-4-10-15-13-9-8-12(16-17-13)11-5-2-1-3-6-11/h8-9,11H,1-7,10H2,(H,15,17)(H,18,19). The van der Waals surface area contributed by atoms with Crippen LogP contribution in [0.4, 0.5) is 5.82 Å². The van der Waals surface area contributed by atoms with Gasteiger partial charge in [0.15, 0.2) is 0 Å². The Kier molecular flexibility index (Phi) is 5.12. The Balaban J connectivity index is 1.79. The number of aliphatic carboxylic acids is 1. The maximum Gasteiger partial charge on any atom is 0.303 e. The number of carboxylic acids is 1. The summed E-state index contributed by atoms with van der Waals surface area (Å²) in [6.07, 6.45) is 7.15. The zero-order valence-electron chi connectivity index (χ0n) is 11.1. The fourth-order valence-corrected chi connectivity index (χ4v) is 2.51. The molecule has 1 aliphatic carbocycles. The molecule has 1 heterocycles. The van der Waals surface area contributed by atoms with Gasteiger partial charge in [0, 0.05) is 18.9 Å². The van der Waals surface area contributed by atoms with Crippen molar-refractivity contribution in [3.8, 4) is 0 Å². The van der Waals surface area contributed by atoms with E-state index in [1.807, 2.05) is 12.1 Å². The molecule has 1 aromatic heterocycles. The molecular weight excluding hydrogens is 242 g/mol. The van der Waals surface area contributed by atoms with Crippen LogP contribution in [0.25, 0.3) is 0 Å². The molecule has 2 N–H and O–H groups in total. The topological polar surface area (TPSA) is 75.1 Å². The summed E-state index contributed by atoms with van der Waals surface area (Å²) in [5.41, 5.74) is 1.09. The summed E-state index contributed by atoms with van der Waals surface area (Å²) < 4.78 is 0. The van der Waals surface area contributed by atoms with E-state index in [1.54, 1.807) is 0 Å². The predicted molar refractivity (Wildman–Crippen MR) is 73.2 cm³/mol. The van der Waals surface area contributed by atoms with Gasteiger partial charge >= 0.3 is 5.97 Å². The van der Waals surface area contributed by atoms with E-state index in [2.05, 4.69) is 15.5 Å². The van der Waals surface area contributed by atoms with E-state index >= 15 is 0 Å². The molecule has 1 aliphatic rings. The normalized spacial score (nSPS) is 16.2. The smallest absolute Gasteiger partial charge is 0.303 e. The second-order valence-electron chi connectivity index (χ2n) is 5.10. The summed E-state index contributed by atoms with van der Waals surface area (Å²) in [6, 6.07) is 3.99. The van der Waals surface area contributed by atoms with Crippen LogP contribution < -0.4 is 5.32 Å². The molecule has 0 unspecified atom stereocenters. The third-order valence-corrected chi connectivity index (χ3v) is 3.58. The average molecular weight is 263 g/mol. The van der Waals surface area contributed by atoms with Crippen LogP contribution in [0.1, 0.15) is 56.6 Å². The highest BCUT2D eigenvalue weighted by molar-refractivity contribution is 5.66. The Labute approximate surface area is 113 Å². The van der Waals surface area contributed by atoms with Crippen molar-refractivity contribution in [2.45, 2.75) is 50.9 Å². The molecule has 1 saturated carbocycles. The minimum absolute atomic E-state index is 0.181. The highest BCUT2D eigenvalue weighted by Crippen LogP contribution is 2.31. The summed E-state index contributed by atoms with van der Waals surface area (Å²) >= 11 is 0. The van der Waals surface area contributed by atoms with E-state index in [0.29, 0.717) is 18.9 Å². The lowest BCUT2D eigenvalue weighted by Gasteiger charge is -2.20. The van der Waals surface area contributed by atoms with Crippen molar-refractivity contribution in [3.05, 3.63) is 17.8 Å². The molecule has 1 aromatic rings. The van der Waals surface area contributed by atoms with Crippen LogP contribution in [-0.2, 0) is 4.79 Å². The minimum Gasteiger partial charge on any atom is -0.481 e. The lowest BCUT2D eigenvalue weighted by molar-refractivity contribution is -0.137. The second-order valence-corrected chi connectivity index (χ2v) is 5.10. The van der Waals surface area contributed by atoms with E-state index in [0.717, 1.165) is 11.5 Å². The van der Waals surface area contributed by atoms with Crippen LogP contribution in [0.3, 0.4) is 0 Å². The predicted octanol–water partition coefficient (Wildman–Crippen LogP) is 2.80. The van der Waals surface area contributed by atoms with Crippen LogP contribution >= 0.6 is 0 Å². The molecule has 0 bridgehead atoms. The molecule has 104 valence electrons. The Morgan fingerprint density at radius 2 is 2.05 bits per heavy atom. The van der Waals surface area contributed by atoms with Crippen molar-refractivity contribution in [3.63, 3.8) is 0 Å². The Hall–Kier alpha value is -1.65. The molecule has 5 nitrogen and oxygen atoms in total. The molecule has 0 atom stereocenters. The number of aromatic nitrogens is 2. The van der Waals surface area contributed by atoms with Crippen molar-refractivity contribution >= 4 is 11.8 Å². The highest BCUT2D eigenvalue weighted by atomic mass is 16.4. The summed E-state index contributed by atoms with van der Waals surface area (Å²) in [7, 11) is 0. The molecule has 0 amide bonds. The largest absolute Gasteiger partial charge is 0.481 e. The van der Waals surface area contributed by atoms with Crippen LogP contribution in [-0.4, -0.2) is 27.8 Å². The quantitative estimate of drug-likeness (QED) is 0.772. The first-order valence-electron chi connectivity index (χ1n) is 7.05. The molecule has 0 radical (unpaired) electrons. The molecule has 1 fully saturated rings. The van der Waals surface area contributed by atoms with Crippen LogP contribution in [0.2, 0.25) is 0 Å². The van der Waals surface area contributed by atoms with E-state index < -0.39 is 5.97 Å². The molecule has 0 aliphatic heterocycles. The zero-order chi connectivity index (χ0) is 13.5. The van der Waals surface area contributed by atoms with Gasteiger partial charge < -0.3 is 10.4 Å². The van der Waals surface area contributed by atoms with Gasteiger partial charge in [0.25, 0.3) is 0 Å². The van der Waals surface area contributed by atoms with Crippen LogP contribution in [0.5, 0.6) is 0 Å². The third-order valence-electron chi connectivity index (χ3n) is 3.58. The van der Waals surface area contributed by atoms with Gasteiger partial charge in [-0.2, -0.15) is 5.10 Å². The molecular formula is C14H21N3O2. The fourth-order valence-electron chi connectivity index (χ4n) is 2.51. The first-order valence-corrected chi connectivity index (χ1v) is 7.05. The third kappa shape index (κ3) is 4.50. The molecule has 0 saturated heterocycles. The lowest BCUT2D eigenvalue weighted by Crippen LogP contribution is -2.10. The first-order chi connectivity index (χ1) is 9.25.